The largest absolute Gasteiger partial charge is 0.497 e. The highest BCUT2D eigenvalue weighted by Crippen LogP contribution is 2.29. The molecule has 2 rings (SSSR count). The maximum atomic E-state index is 11.9. The first kappa shape index (κ1) is 14.9. The molecule has 0 bridgehead atoms. The van der Waals surface area contributed by atoms with Gasteiger partial charge in [-0.25, -0.2) is 13.1 Å². The number of nitrogens with one attached hydrogen (secondary N) is 1. The van der Waals surface area contributed by atoms with Crippen molar-refractivity contribution >= 4 is 10.0 Å². The molecule has 20 heavy (non-hydrogen) atoms. The predicted octanol–water partition coefficient (Wildman–Crippen LogP) is 1.49. The first-order valence-corrected chi connectivity index (χ1v) is 7.99. The predicted molar refractivity (Wildman–Crippen MR) is 77.7 cm³/mol. The Hall–Kier alpha value is -1.53. The van der Waals surface area contributed by atoms with Crippen LogP contribution in [0.25, 0.3) is 0 Å². The first-order chi connectivity index (χ1) is 9.39. The van der Waals surface area contributed by atoms with Gasteiger partial charge in [-0.2, -0.15) is 0 Å². The second-order valence-electron chi connectivity index (χ2n) is 5.02. The van der Waals surface area contributed by atoms with Crippen LogP contribution in [-0.4, -0.2) is 33.9 Å². The summed E-state index contributed by atoms with van der Waals surface area (Å²) in [7, 11) is -1.75. The van der Waals surface area contributed by atoms with Crippen molar-refractivity contribution in [3.8, 4) is 11.5 Å². The van der Waals surface area contributed by atoms with Gasteiger partial charge in [-0.1, -0.05) is 18.2 Å². The van der Waals surface area contributed by atoms with Crippen molar-refractivity contribution in [1.29, 1.82) is 0 Å². The van der Waals surface area contributed by atoms with Crippen LogP contribution in [0.2, 0.25) is 0 Å². The Labute approximate surface area is 119 Å². The molecule has 0 aromatic heterocycles. The van der Waals surface area contributed by atoms with Crippen LogP contribution < -0.4 is 14.2 Å². The number of hydrogen-bond acceptors (Lipinski definition) is 4. The molecule has 1 atom stereocenters. The third-order valence-electron chi connectivity index (χ3n) is 2.96. The second kappa shape index (κ2) is 5.85. The van der Waals surface area contributed by atoms with Crippen molar-refractivity contribution in [2.75, 3.05) is 19.5 Å². The zero-order valence-corrected chi connectivity index (χ0v) is 12.5. The number of fused-ring (bicyclic) bond motifs is 1. The summed E-state index contributed by atoms with van der Waals surface area (Å²) in [6, 6.07) is 5.30. The summed E-state index contributed by atoms with van der Waals surface area (Å²) in [4.78, 5) is 0. The summed E-state index contributed by atoms with van der Waals surface area (Å²) in [5.41, 5.74) is 1.58. The summed E-state index contributed by atoms with van der Waals surface area (Å²) < 4.78 is 37.1. The third kappa shape index (κ3) is 3.74. The lowest BCUT2D eigenvalue weighted by molar-refractivity contribution is 0.252. The van der Waals surface area contributed by atoms with Crippen LogP contribution in [0.4, 0.5) is 0 Å². The molecule has 1 aromatic rings. The van der Waals surface area contributed by atoms with Crippen LogP contribution in [0, 0.1) is 0 Å². The average molecular weight is 297 g/mol. The van der Waals surface area contributed by atoms with Crippen LogP contribution in [0.15, 0.2) is 30.4 Å². The van der Waals surface area contributed by atoms with E-state index in [2.05, 4.69) is 11.3 Å². The topological polar surface area (TPSA) is 64.6 Å². The maximum absolute atomic E-state index is 11.9. The van der Waals surface area contributed by atoms with E-state index in [0.717, 1.165) is 17.1 Å². The van der Waals surface area contributed by atoms with Gasteiger partial charge < -0.3 is 9.47 Å². The maximum Gasteiger partial charge on any atom is 0.215 e. The average Bonchev–Trinajstić information content (AvgIpc) is 2.36. The molecular formula is C14H19NO4S. The summed E-state index contributed by atoms with van der Waals surface area (Å²) in [6.07, 6.45) is 0.606. The lowest BCUT2D eigenvalue weighted by atomic mass is 10.0. The molecular weight excluding hydrogens is 278 g/mol. The fraction of sp³-hybridized carbons (Fsp3) is 0.429. The van der Waals surface area contributed by atoms with Crippen LogP contribution in [0.3, 0.4) is 0 Å². The minimum Gasteiger partial charge on any atom is -0.497 e. The van der Waals surface area contributed by atoms with Crippen molar-refractivity contribution < 1.29 is 17.9 Å². The Morgan fingerprint density at radius 1 is 1.55 bits per heavy atom. The smallest absolute Gasteiger partial charge is 0.215 e. The number of ether oxygens (including phenoxy) is 2. The van der Waals surface area contributed by atoms with Gasteiger partial charge in [0.25, 0.3) is 0 Å². The van der Waals surface area contributed by atoms with Crippen LogP contribution >= 0.6 is 0 Å². The Kier molecular flexibility index (Phi) is 4.35. The van der Waals surface area contributed by atoms with E-state index < -0.39 is 10.0 Å². The second-order valence-corrected chi connectivity index (χ2v) is 6.77. The fourth-order valence-electron chi connectivity index (χ4n) is 2.18. The molecule has 6 heteroatoms. The van der Waals surface area contributed by atoms with Gasteiger partial charge >= 0.3 is 0 Å². The zero-order chi connectivity index (χ0) is 14.8. The summed E-state index contributed by atoms with van der Waals surface area (Å²) in [5.74, 6) is 1.42. The minimum atomic E-state index is -3.35. The van der Waals surface area contributed by atoms with E-state index in [9.17, 15) is 8.42 Å². The summed E-state index contributed by atoms with van der Waals surface area (Å²) in [6.45, 7) is 5.63. The number of benzene rings is 1. The zero-order valence-electron chi connectivity index (χ0n) is 11.7. The van der Waals surface area contributed by atoms with E-state index in [1.165, 1.54) is 0 Å². The van der Waals surface area contributed by atoms with Crippen molar-refractivity contribution in [3.63, 3.8) is 0 Å². The van der Waals surface area contributed by atoms with Crippen molar-refractivity contribution in [2.45, 2.75) is 19.4 Å². The molecule has 1 aromatic carbocycles. The van der Waals surface area contributed by atoms with Gasteiger partial charge in [-0.3, -0.25) is 0 Å². The highest BCUT2D eigenvalue weighted by atomic mass is 32.2. The van der Waals surface area contributed by atoms with E-state index >= 15 is 0 Å². The van der Waals surface area contributed by atoms with E-state index in [4.69, 9.17) is 9.47 Å². The van der Waals surface area contributed by atoms with Crippen LogP contribution in [0.5, 0.6) is 11.5 Å². The molecule has 1 aliphatic heterocycles. The standard InChI is InChI=1S/C14H19NO4S/c1-10(2)9-20(16,17)15-12-6-11-4-5-13(18-3)7-14(11)19-8-12/h4-5,7,12,15H,1,6,8-9H2,2-3H3/t12-/m1/s1. The van der Waals surface area contributed by atoms with Gasteiger partial charge in [0.05, 0.1) is 18.9 Å². The Balaban J connectivity index is 2.06. The van der Waals surface area contributed by atoms with Gasteiger partial charge in [0.15, 0.2) is 0 Å². The molecule has 0 radical (unpaired) electrons. The molecule has 1 N–H and O–H groups in total. The third-order valence-corrected chi connectivity index (χ3v) is 4.53. The Bertz CT molecular complexity index is 610. The summed E-state index contributed by atoms with van der Waals surface area (Å²) in [5, 5.41) is 0. The molecule has 0 saturated carbocycles. The fourth-order valence-corrected chi connectivity index (χ4v) is 3.57. The van der Waals surface area contributed by atoms with Crippen LogP contribution in [-0.2, 0) is 16.4 Å². The number of methoxy groups -OCH3 is 1. The first-order valence-electron chi connectivity index (χ1n) is 6.34. The quantitative estimate of drug-likeness (QED) is 0.836. The van der Waals surface area contributed by atoms with Gasteiger partial charge in [0.2, 0.25) is 10.0 Å². The van der Waals surface area contributed by atoms with Crippen molar-refractivity contribution in [2.24, 2.45) is 0 Å². The van der Waals surface area contributed by atoms with E-state index in [-0.39, 0.29) is 11.8 Å². The molecule has 0 saturated heterocycles. The monoisotopic (exact) mass is 297 g/mol. The SMILES string of the molecule is C=C(C)CS(=O)(=O)N[C@H]1COc2cc(OC)ccc2C1. The normalized spacial score (nSPS) is 18.0. The highest BCUT2D eigenvalue weighted by Gasteiger charge is 2.24. The van der Waals surface area contributed by atoms with Crippen molar-refractivity contribution in [3.05, 3.63) is 35.9 Å². The molecule has 0 fully saturated rings. The highest BCUT2D eigenvalue weighted by molar-refractivity contribution is 7.89. The lowest BCUT2D eigenvalue weighted by Gasteiger charge is -2.26. The number of rotatable bonds is 5. The molecule has 0 amide bonds. The van der Waals surface area contributed by atoms with Gasteiger partial charge in [0, 0.05) is 6.07 Å². The van der Waals surface area contributed by atoms with E-state index in [1.54, 1.807) is 14.0 Å². The van der Waals surface area contributed by atoms with E-state index in [0.29, 0.717) is 18.6 Å². The van der Waals surface area contributed by atoms with Gasteiger partial charge in [0.1, 0.15) is 18.1 Å². The lowest BCUT2D eigenvalue weighted by Crippen LogP contribution is -2.43. The Morgan fingerprint density at radius 3 is 2.95 bits per heavy atom. The summed E-state index contributed by atoms with van der Waals surface area (Å²) >= 11 is 0. The molecule has 0 spiro atoms. The van der Waals surface area contributed by atoms with Gasteiger partial charge in [-0.15, -0.1) is 0 Å². The Morgan fingerprint density at radius 2 is 2.30 bits per heavy atom. The molecule has 0 aliphatic carbocycles. The molecule has 5 nitrogen and oxygen atoms in total. The molecule has 1 aliphatic rings. The van der Waals surface area contributed by atoms with E-state index in [1.807, 2.05) is 18.2 Å². The molecule has 1 heterocycles. The number of sulfonamides is 1. The van der Waals surface area contributed by atoms with Crippen LogP contribution in [0.1, 0.15) is 12.5 Å². The molecule has 110 valence electrons. The minimum absolute atomic E-state index is 0.0566. The number of hydrogen-bond donors (Lipinski definition) is 1. The van der Waals surface area contributed by atoms with Crippen molar-refractivity contribution in [1.82, 2.24) is 4.72 Å². The van der Waals surface area contributed by atoms with Gasteiger partial charge in [-0.05, 0) is 25.0 Å². The molecule has 0 unspecified atom stereocenters.